The van der Waals surface area contributed by atoms with Crippen molar-refractivity contribution in [3.8, 4) is 0 Å². The highest BCUT2D eigenvalue weighted by atomic mass is 16.6. The zero-order chi connectivity index (χ0) is 10.9. The fourth-order valence-electron chi connectivity index (χ4n) is 1.54. The minimum Gasteiger partial charge on any atom is -0.459 e. The lowest BCUT2D eigenvalue weighted by atomic mass is 10.2. The second kappa shape index (κ2) is 3.66. The largest absolute Gasteiger partial charge is 0.459 e. The zero-order valence-electron chi connectivity index (χ0n) is 8.64. The lowest BCUT2D eigenvalue weighted by molar-refractivity contribution is -0.158. The van der Waals surface area contributed by atoms with Gasteiger partial charge < -0.3 is 9.84 Å². The molecule has 1 aromatic carbocycles. The van der Waals surface area contributed by atoms with Crippen molar-refractivity contribution >= 4 is 5.97 Å². The molecule has 0 aromatic heterocycles. The molecule has 3 nitrogen and oxygen atoms in total. The molecule has 1 N–H and O–H groups in total. The summed E-state index contributed by atoms with van der Waals surface area (Å²) in [5, 5.41) is 9.67. The molecule has 2 atom stereocenters. The summed E-state index contributed by atoms with van der Waals surface area (Å²) in [5.74, 6) is -0.473. The van der Waals surface area contributed by atoms with Gasteiger partial charge in [0.05, 0.1) is 0 Å². The molecule has 1 aliphatic rings. The predicted octanol–water partition coefficient (Wildman–Crippen LogP) is 1.50. The molecular formula is C12H14O3. The van der Waals surface area contributed by atoms with Crippen LogP contribution in [0.15, 0.2) is 30.3 Å². The fraction of sp³-hybridized carbons (Fsp3) is 0.417. The summed E-state index contributed by atoms with van der Waals surface area (Å²) in [7, 11) is 0. The van der Waals surface area contributed by atoms with Crippen LogP contribution < -0.4 is 0 Å². The molecule has 1 aliphatic carbocycles. The summed E-state index contributed by atoms with van der Waals surface area (Å²) in [6, 6.07) is 9.44. The van der Waals surface area contributed by atoms with E-state index in [1.165, 1.54) is 0 Å². The Labute approximate surface area is 88.7 Å². The van der Waals surface area contributed by atoms with Gasteiger partial charge in [0, 0.05) is 0 Å². The number of benzene rings is 1. The van der Waals surface area contributed by atoms with Gasteiger partial charge in [0.15, 0.2) is 5.60 Å². The smallest absolute Gasteiger partial charge is 0.338 e. The van der Waals surface area contributed by atoms with E-state index in [-0.39, 0.29) is 12.5 Å². The normalized spacial score (nSPS) is 28.5. The monoisotopic (exact) mass is 206 g/mol. The van der Waals surface area contributed by atoms with Gasteiger partial charge in [-0.2, -0.15) is 0 Å². The Morgan fingerprint density at radius 2 is 2.13 bits per heavy atom. The van der Waals surface area contributed by atoms with E-state index in [9.17, 15) is 9.90 Å². The summed E-state index contributed by atoms with van der Waals surface area (Å²) < 4.78 is 5.04. The van der Waals surface area contributed by atoms with Crippen LogP contribution in [-0.2, 0) is 16.1 Å². The molecule has 0 amide bonds. The molecule has 0 spiro atoms. The Balaban J connectivity index is 1.87. The molecule has 1 aromatic rings. The van der Waals surface area contributed by atoms with Crippen molar-refractivity contribution in [1.82, 2.24) is 0 Å². The minimum absolute atomic E-state index is 0.0285. The van der Waals surface area contributed by atoms with Crippen LogP contribution in [-0.4, -0.2) is 16.7 Å². The Kier molecular flexibility index (Phi) is 2.49. The Morgan fingerprint density at radius 1 is 1.53 bits per heavy atom. The second-order valence-electron chi connectivity index (χ2n) is 4.09. The maximum absolute atomic E-state index is 11.4. The van der Waals surface area contributed by atoms with E-state index < -0.39 is 11.6 Å². The molecule has 0 heterocycles. The van der Waals surface area contributed by atoms with E-state index in [1.807, 2.05) is 37.3 Å². The van der Waals surface area contributed by atoms with Gasteiger partial charge in [-0.3, -0.25) is 0 Å². The maximum atomic E-state index is 11.4. The van der Waals surface area contributed by atoms with Crippen molar-refractivity contribution in [3.05, 3.63) is 35.9 Å². The first-order chi connectivity index (χ1) is 7.13. The van der Waals surface area contributed by atoms with E-state index in [4.69, 9.17) is 4.74 Å². The molecule has 0 bridgehead atoms. The highest BCUT2D eigenvalue weighted by Gasteiger charge is 2.57. The molecule has 1 saturated carbocycles. The summed E-state index contributed by atoms with van der Waals surface area (Å²) in [5.41, 5.74) is -0.280. The van der Waals surface area contributed by atoms with E-state index in [0.29, 0.717) is 6.42 Å². The molecule has 2 unspecified atom stereocenters. The SMILES string of the molecule is CC1CC1(O)C(=O)OCc1ccccc1. The lowest BCUT2D eigenvalue weighted by Crippen LogP contribution is -2.26. The number of hydrogen-bond acceptors (Lipinski definition) is 3. The second-order valence-corrected chi connectivity index (χ2v) is 4.09. The first-order valence-corrected chi connectivity index (χ1v) is 5.06. The van der Waals surface area contributed by atoms with Crippen LogP contribution in [0.1, 0.15) is 18.9 Å². The van der Waals surface area contributed by atoms with E-state index >= 15 is 0 Å². The van der Waals surface area contributed by atoms with Gasteiger partial charge in [-0.15, -0.1) is 0 Å². The van der Waals surface area contributed by atoms with Crippen LogP contribution in [0.3, 0.4) is 0 Å². The topological polar surface area (TPSA) is 46.5 Å². The van der Waals surface area contributed by atoms with Crippen molar-refractivity contribution < 1.29 is 14.6 Å². The summed E-state index contributed by atoms with van der Waals surface area (Å²) in [4.78, 5) is 11.4. The van der Waals surface area contributed by atoms with Crippen LogP contribution >= 0.6 is 0 Å². The van der Waals surface area contributed by atoms with Crippen LogP contribution in [0, 0.1) is 5.92 Å². The number of ether oxygens (including phenoxy) is 1. The van der Waals surface area contributed by atoms with Crippen molar-refractivity contribution in [2.75, 3.05) is 0 Å². The molecule has 80 valence electrons. The Bertz CT molecular complexity index is 360. The molecule has 3 heteroatoms. The van der Waals surface area contributed by atoms with Crippen LogP contribution in [0.4, 0.5) is 0 Å². The number of esters is 1. The van der Waals surface area contributed by atoms with Crippen LogP contribution in [0.2, 0.25) is 0 Å². The molecule has 0 aliphatic heterocycles. The van der Waals surface area contributed by atoms with Crippen molar-refractivity contribution in [2.45, 2.75) is 25.6 Å². The predicted molar refractivity (Wildman–Crippen MR) is 55.0 cm³/mol. The van der Waals surface area contributed by atoms with Gasteiger partial charge in [-0.05, 0) is 17.9 Å². The molecule has 2 rings (SSSR count). The molecule has 15 heavy (non-hydrogen) atoms. The molecular weight excluding hydrogens is 192 g/mol. The molecule has 0 saturated heterocycles. The van der Waals surface area contributed by atoms with Crippen LogP contribution in [0.25, 0.3) is 0 Å². The molecule has 0 radical (unpaired) electrons. The standard InChI is InChI=1S/C12H14O3/c1-9-7-12(9,14)11(13)15-8-10-5-3-2-4-6-10/h2-6,9,14H,7-8H2,1H3. The van der Waals surface area contributed by atoms with Crippen molar-refractivity contribution in [1.29, 1.82) is 0 Å². The number of carbonyl (C=O) groups excluding carboxylic acids is 1. The third-order valence-electron chi connectivity index (χ3n) is 2.84. The quantitative estimate of drug-likeness (QED) is 0.762. The average Bonchev–Trinajstić information content (AvgIpc) is 2.86. The van der Waals surface area contributed by atoms with Gasteiger partial charge in [0.2, 0.25) is 0 Å². The lowest BCUT2D eigenvalue weighted by Gasteiger charge is -2.09. The van der Waals surface area contributed by atoms with Crippen LogP contribution in [0.5, 0.6) is 0 Å². The summed E-state index contributed by atoms with van der Waals surface area (Å²) in [6.45, 7) is 2.07. The van der Waals surface area contributed by atoms with Crippen molar-refractivity contribution in [2.24, 2.45) is 5.92 Å². The van der Waals surface area contributed by atoms with Gasteiger partial charge in [0.1, 0.15) is 6.61 Å². The third-order valence-corrected chi connectivity index (χ3v) is 2.84. The van der Waals surface area contributed by atoms with Crippen molar-refractivity contribution in [3.63, 3.8) is 0 Å². The summed E-state index contributed by atoms with van der Waals surface area (Å²) >= 11 is 0. The van der Waals surface area contributed by atoms with E-state index in [0.717, 1.165) is 5.56 Å². The Hall–Kier alpha value is -1.35. The number of carbonyl (C=O) groups is 1. The zero-order valence-corrected chi connectivity index (χ0v) is 8.64. The average molecular weight is 206 g/mol. The first-order valence-electron chi connectivity index (χ1n) is 5.06. The van der Waals surface area contributed by atoms with Gasteiger partial charge in [-0.1, -0.05) is 37.3 Å². The Morgan fingerprint density at radius 3 is 2.67 bits per heavy atom. The number of hydrogen-bond donors (Lipinski definition) is 1. The van der Waals surface area contributed by atoms with E-state index in [2.05, 4.69) is 0 Å². The highest BCUT2D eigenvalue weighted by Crippen LogP contribution is 2.43. The fourth-order valence-corrected chi connectivity index (χ4v) is 1.54. The third kappa shape index (κ3) is 2.02. The van der Waals surface area contributed by atoms with Gasteiger partial charge in [-0.25, -0.2) is 4.79 Å². The summed E-state index contributed by atoms with van der Waals surface area (Å²) in [6.07, 6.45) is 0.515. The first kappa shape index (κ1) is 10.2. The highest BCUT2D eigenvalue weighted by molar-refractivity contribution is 5.83. The van der Waals surface area contributed by atoms with Gasteiger partial charge >= 0.3 is 5.97 Å². The number of aliphatic hydroxyl groups is 1. The number of rotatable bonds is 3. The maximum Gasteiger partial charge on any atom is 0.338 e. The van der Waals surface area contributed by atoms with E-state index in [1.54, 1.807) is 0 Å². The molecule has 1 fully saturated rings. The van der Waals surface area contributed by atoms with Gasteiger partial charge in [0.25, 0.3) is 0 Å². The minimum atomic E-state index is -1.21.